The average molecular weight is 310 g/mol. The molecule has 0 rings (SSSR count). The second kappa shape index (κ2) is 16.9. The molecule has 0 unspecified atom stereocenters. The number of hydrogen-bond acceptors (Lipinski definition) is 2. The Balaban J connectivity index is -0.0000000300. The topological polar surface area (TPSA) is 64.7 Å². The van der Waals surface area contributed by atoms with Gasteiger partial charge in [0.05, 0.1) is 0 Å². The molecule has 6 heteroatoms. The molecule has 1 amide bonds. The van der Waals surface area contributed by atoms with Crippen molar-refractivity contribution < 1.29 is 70.2 Å². The summed E-state index contributed by atoms with van der Waals surface area (Å²) in [5, 5.41) is 0. The Bertz CT molecular complexity index is 79.3. The smallest absolute Gasteiger partial charge is 0.0456 e. The zero-order valence-electron chi connectivity index (χ0n) is 5.97. The Hall–Kier alpha value is 1.57. The summed E-state index contributed by atoms with van der Waals surface area (Å²) >= 11 is 4.20. The number of nitrogens with one attached hydrogen (secondary N) is 2. The van der Waals surface area contributed by atoms with E-state index in [-0.39, 0.29) is 70.4 Å². The summed E-state index contributed by atoms with van der Waals surface area (Å²) in [5.74, 6) is -0.583. The van der Waals surface area contributed by atoms with Crippen molar-refractivity contribution in [2.75, 3.05) is 0 Å². The van der Waals surface area contributed by atoms with Crippen molar-refractivity contribution in [1.29, 1.82) is 0 Å². The fourth-order valence-corrected chi connectivity index (χ4v) is 0. The van der Waals surface area contributed by atoms with Crippen LogP contribution in [0.4, 0.5) is 0 Å². The van der Waals surface area contributed by atoms with E-state index in [1.165, 1.54) is 6.92 Å². The van der Waals surface area contributed by atoms with Gasteiger partial charge in [0.1, 0.15) is 0 Å². The maximum Gasteiger partial charge on any atom is 0.0456 e. The van der Waals surface area contributed by atoms with E-state index in [0.29, 0.717) is 0 Å². The third kappa shape index (κ3) is 286. The zero-order valence-corrected chi connectivity index (χ0v) is 12.5. The molecule has 10 heavy (non-hydrogen) atoms. The van der Waals surface area contributed by atoms with Crippen LogP contribution in [-0.2, 0) is 70.2 Å². The molecule has 0 atom stereocenters. The van der Waals surface area contributed by atoms with Crippen molar-refractivity contribution in [3.05, 3.63) is 11.5 Å². The van der Waals surface area contributed by atoms with E-state index in [2.05, 4.69) is 12.2 Å². The molecule has 0 aliphatic heterocycles. The van der Waals surface area contributed by atoms with Gasteiger partial charge in [-0.25, -0.2) is 0 Å². The van der Waals surface area contributed by atoms with E-state index in [1.54, 1.807) is 6.92 Å². The van der Waals surface area contributed by atoms with Gasteiger partial charge in [-0.15, -0.1) is 17.2 Å². The summed E-state index contributed by atoms with van der Waals surface area (Å²) in [6.45, 7) is 2.76. The molecule has 0 bridgehead atoms. The summed E-state index contributed by atoms with van der Waals surface area (Å²) in [5.41, 5.74) is 12.3. The van der Waals surface area contributed by atoms with Crippen LogP contribution in [0.2, 0.25) is 0 Å². The van der Waals surface area contributed by atoms with Crippen LogP contribution in [-0.4, -0.2) is 10.9 Å². The quantitative estimate of drug-likeness (QED) is 0.642. The first-order chi connectivity index (χ1) is 3.46. The summed E-state index contributed by atoms with van der Waals surface area (Å²) < 4.78 is 0. The van der Waals surface area contributed by atoms with E-state index in [1.807, 2.05) is 0 Å². The van der Waals surface area contributed by atoms with Crippen LogP contribution < -0.4 is 0 Å². The Morgan fingerprint density at radius 2 is 1.20 bits per heavy atom. The van der Waals surface area contributed by atoms with Crippen molar-refractivity contribution in [2.24, 2.45) is 0 Å². The van der Waals surface area contributed by atoms with Gasteiger partial charge in [0, 0.05) is 71.3 Å². The normalized spacial score (nSPS) is 5.00. The van der Waals surface area contributed by atoms with E-state index in [0.717, 1.165) is 0 Å². The summed E-state index contributed by atoms with van der Waals surface area (Å²) in [7, 11) is 0. The van der Waals surface area contributed by atoms with Gasteiger partial charge in [-0.2, -0.15) is 0 Å². The zero-order chi connectivity index (χ0) is 7.15. The Morgan fingerprint density at radius 3 is 1.20 bits per heavy atom. The van der Waals surface area contributed by atoms with Crippen molar-refractivity contribution in [3.63, 3.8) is 0 Å². The molecule has 0 aliphatic rings. The van der Waals surface area contributed by atoms with E-state index in [9.17, 15) is 0 Å². The van der Waals surface area contributed by atoms with Gasteiger partial charge in [-0.1, -0.05) is 6.92 Å². The molecular formula is C4H8N2OSY2-2. The minimum atomic E-state index is -0.583. The molecule has 0 heterocycles. The van der Waals surface area contributed by atoms with Gasteiger partial charge in [-0.3, -0.25) is 0 Å². The molecule has 3 nitrogen and oxygen atoms in total. The van der Waals surface area contributed by atoms with Crippen LogP contribution in [0.1, 0.15) is 13.8 Å². The Kier molecular flexibility index (Phi) is 38.1. The first-order valence-electron chi connectivity index (χ1n) is 1.91. The molecule has 2 N–H and O–H groups in total. The van der Waals surface area contributed by atoms with Gasteiger partial charge in [-0.05, 0) is 6.92 Å². The fraction of sp³-hybridized carbons (Fsp3) is 0.500. The molecule has 0 spiro atoms. The second-order valence-electron chi connectivity index (χ2n) is 1.11. The molecule has 2 radical (unpaired) electrons. The molecular weight excluding hydrogens is 302 g/mol. The fourth-order valence-electron chi connectivity index (χ4n) is 0. The molecule has 0 aromatic heterocycles. The predicted octanol–water partition coefficient (Wildman–Crippen LogP) is 1.97. The first kappa shape index (κ1) is 22.6. The summed E-state index contributed by atoms with van der Waals surface area (Å²) in [6.07, 6.45) is 0. The average Bonchev–Trinajstić information content (AvgIpc) is 1.25. The number of thiocarbonyl (C=S) groups is 1. The maximum atomic E-state index is 9.11. The van der Waals surface area contributed by atoms with E-state index >= 15 is 0 Å². The van der Waals surface area contributed by atoms with Crippen LogP contribution in [0.25, 0.3) is 11.5 Å². The van der Waals surface area contributed by atoms with Gasteiger partial charge < -0.3 is 16.3 Å². The molecule has 0 aromatic rings. The SMILES string of the molecule is CC([NH-])=O.CC([NH-])=S.[Y].[Y]. The molecule has 0 saturated heterocycles. The van der Waals surface area contributed by atoms with Gasteiger partial charge in [0.2, 0.25) is 0 Å². The van der Waals surface area contributed by atoms with Crippen LogP contribution in [0.3, 0.4) is 0 Å². The number of amides is 1. The van der Waals surface area contributed by atoms with Gasteiger partial charge in [0.15, 0.2) is 0 Å². The van der Waals surface area contributed by atoms with Crippen LogP contribution >= 0.6 is 12.2 Å². The summed E-state index contributed by atoms with van der Waals surface area (Å²) in [4.78, 5) is 9.36. The number of carbonyl (C=O) groups is 1. The van der Waals surface area contributed by atoms with Crippen molar-refractivity contribution >= 4 is 23.1 Å². The minimum Gasteiger partial charge on any atom is -0.693 e. The van der Waals surface area contributed by atoms with Gasteiger partial charge >= 0.3 is 0 Å². The standard InChI is InChI=1S/C2H5NO.C2H5NS.2Y/c2*1-2(3)4;;/h2*1H3,(H2,3,4);;/p-2. The minimum absolute atomic E-state index is 0. The van der Waals surface area contributed by atoms with Crippen LogP contribution in [0.15, 0.2) is 0 Å². The molecule has 0 fully saturated rings. The van der Waals surface area contributed by atoms with Crippen molar-refractivity contribution in [2.45, 2.75) is 13.8 Å². The maximum absolute atomic E-state index is 9.11. The first-order valence-corrected chi connectivity index (χ1v) is 2.32. The number of rotatable bonds is 0. The molecule has 0 saturated carbocycles. The third-order valence-electron chi connectivity index (χ3n) is 0. The van der Waals surface area contributed by atoms with E-state index < -0.39 is 5.91 Å². The Morgan fingerprint density at radius 1 is 1.20 bits per heavy atom. The van der Waals surface area contributed by atoms with E-state index in [4.69, 9.17) is 16.3 Å². The largest absolute Gasteiger partial charge is 0.693 e. The number of hydrogen-bond donors (Lipinski definition) is 0. The van der Waals surface area contributed by atoms with Crippen molar-refractivity contribution in [3.8, 4) is 0 Å². The summed E-state index contributed by atoms with van der Waals surface area (Å²) in [6, 6.07) is 0. The molecule has 0 aromatic carbocycles. The predicted molar refractivity (Wildman–Crippen MR) is 37.6 cm³/mol. The monoisotopic (exact) mass is 310 g/mol. The van der Waals surface area contributed by atoms with Crippen LogP contribution in [0, 0.1) is 0 Å². The second-order valence-corrected chi connectivity index (χ2v) is 1.72. The van der Waals surface area contributed by atoms with Gasteiger partial charge in [0.25, 0.3) is 0 Å². The molecule has 54 valence electrons. The van der Waals surface area contributed by atoms with Crippen LogP contribution in [0.5, 0.6) is 0 Å². The Labute approximate surface area is 117 Å². The molecule has 0 aliphatic carbocycles. The van der Waals surface area contributed by atoms with Crippen molar-refractivity contribution in [1.82, 2.24) is 0 Å². The number of carbonyl (C=O) groups excluding carboxylic acids is 1. The third-order valence-corrected chi connectivity index (χ3v) is 0.